The normalized spacial score (nSPS) is 17.5. The lowest BCUT2D eigenvalue weighted by atomic mass is 9.96. The largest absolute Gasteiger partial charge is 0.353 e. The summed E-state index contributed by atoms with van der Waals surface area (Å²) >= 11 is 0. The summed E-state index contributed by atoms with van der Waals surface area (Å²) in [5.74, 6) is 0.480. The van der Waals surface area contributed by atoms with Crippen LogP contribution in [0.25, 0.3) is 11.0 Å². The molecule has 0 radical (unpaired) electrons. The van der Waals surface area contributed by atoms with E-state index >= 15 is 0 Å². The van der Waals surface area contributed by atoms with E-state index < -0.39 is 20.5 Å². The van der Waals surface area contributed by atoms with E-state index in [9.17, 15) is 13.2 Å². The van der Waals surface area contributed by atoms with Gasteiger partial charge < -0.3 is 15.2 Å². The highest BCUT2D eigenvalue weighted by molar-refractivity contribution is 7.92. The van der Waals surface area contributed by atoms with Crippen molar-refractivity contribution >= 4 is 26.8 Å². The Morgan fingerprint density at radius 3 is 2.68 bits per heavy atom. The summed E-state index contributed by atoms with van der Waals surface area (Å²) in [6.07, 6.45) is 1.78. The predicted molar refractivity (Wildman–Crippen MR) is 97.2 cm³/mol. The molecule has 1 aromatic heterocycles. The van der Waals surface area contributed by atoms with Crippen LogP contribution < -0.4 is 10.6 Å². The van der Waals surface area contributed by atoms with Gasteiger partial charge >= 0.3 is 0 Å². The minimum atomic E-state index is -3.48. The first kappa shape index (κ1) is 17.9. The van der Waals surface area contributed by atoms with Crippen LogP contribution in [0.1, 0.15) is 18.7 Å². The molecule has 7 nitrogen and oxygen atoms in total. The molecule has 0 aliphatic carbocycles. The minimum Gasteiger partial charge on any atom is -0.353 e. The summed E-state index contributed by atoms with van der Waals surface area (Å²) in [5, 5.41) is 5.95. The molecule has 1 aliphatic heterocycles. The molecule has 0 unspecified atom stereocenters. The second-order valence-electron chi connectivity index (χ2n) is 6.57. The molecular formula is C17H24N4O3S. The monoisotopic (exact) mass is 364 g/mol. The molecule has 2 N–H and O–H groups in total. The molecule has 8 heteroatoms. The van der Waals surface area contributed by atoms with Crippen LogP contribution in [0.3, 0.4) is 0 Å². The quantitative estimate of drug-likeness (QED) is 0.812. The first-order chi connectivity index (χ1) is 11.8. The maximum atomic E-state index is 12.7. The van der Waals surface area contributed by atoms with Crippen LogP contribution in [0.2, 0.25) is 0 Å². The predicted octanol–water partition coefficient (Wildman–Crippen LogP) is 0.628. The van der Waals surface area contributed by atoms with Gasteiger partial charge in [-0.2, -0.15) is 0 Å². The maximum absolute atomic E-state index is 12.7. The third kappa shape index (κ3) is 3.28. The SMILES string of the molecule is Cc1nc2ccccc2n1CCNC(=O)C1(S(C)(=O)=O)CCNCC1. The van der Waals surface area contributed by atoms with Crippen molar-refractivity contribution < 1.29 is 13.2 Å². The third-order valence-corrected chi connectivity index (χ3v) is 7.01. The Bertz CT molecular complexity index is 882. The smallest absolute Gasteiger partial charge is 0.241 e. The van der Waals surface area contributed by atoms with Crippen LogP contribution in [0.5, 0.6) is 0 Å². The highest BCUT2D eigenvalue weighted by Crippen LogP contribution is 2.28. The van der Waals surface area contributed by atoms with Gasteiger partial charge in [0.25, 0.3) is 0 Å². The number of fused-ring (bicyclic) bond motifs is 1. The Kier molecular flexibility index (Phi) is 4.83. The number of hydrogen-bond acceptors (Lipinski definition) is 5. The molecule has 25 heavy (non-hydrogen) atoms. The van der Waals surface area contributed by atoms with Crippen LogP contribution in [-0.2, 0) is 21.2 Å². The number of amides is 1. The Hall–Kier alpha value is -1.93. The average molecular weight is 364 g/mol. The van der Waals surface area contributed by atoms with Gasteiger partial charge in [-0.25, -0.2) is 13.4 Å². The lowest BCUT2D eigenvalue weighted by Gasteiger charge is -2.34. The lowest BCUT2D eigenvalue weighted by Crippen LogP contribution is -2.57. The summed E-state index contributed by atoms with van der Waals surface area (Å²) in [7, 11) is -3.48. The molecule has 1 aliphatic rings. The van der Waals surface area contributed by atoms with Crippen LogP contribution >= 0.6 is 0 Å². The summed E-state index contributed by atoms with van der Waals surface area (Å²) in [5.41, 5.74) is 1.92. The van der Waals surface area contributed by atoms with Crippen LogP contribution in [0.4, 0.5) is 0 Å². The minimum absolute atomic E-state index is 0.310. The van der Waals surface area contributed by atoms with Crippen molar-refractivity contribution in [2.24, 2.45) is 0 Å². The van der Waals surface area contributed by atoms with Crippen LogP contribution in [-0.4, -0.2) is 54.5 Å². The fourth-order valence-corrected chi connectivity index (χ4v) is 4.87. The number of rotatable bonds is 5. The molecular weight excluding hydrogens is 340 g/mol. The van der Waals surface area contributed by atoms with Gasteiger partial charge in [-0.3, -0.25) is 4.79 Å². The topological polar surface area (TPSA) is 93.1 Å². The van der Waals surface area contributed by atoms with E-state index in [1.165, 1.54) is 0 Å². The fourth-order valence-electron chi connectivity index (χ4n) is 3.52. The van der Waals surface area contributed by atoms with Crippen molar-refractivity contribution in [2.45, 2.75) is 31.1 Å². The third-order valence-electron chi connectivity index (χ3n) is 5.00. The summed E-state index contributed by atoms with van der Waals surface area (Å²) in [4.78, 5) is 17.2. The highest BCUT2D eigenvalue weighted by atomic mass is 32.2. The molecule has 136 valence electrons. The first-order valence-corrected chi connectivity index (χ1v) is 10.3. The van der Waals surface area contributed by atoms with Gasteiger partial charge in [0.1, 0.15) is 5.82 Å². The Balaban J connectivity index is 1.72. The summed E-state index contributed by atoms with van der Waals surface area (Å²) < 4.78 is 25.3. The molecule has 0 spiro atoms. The van der Waals surface area contributed by atoms with E-state index in [-0.39, 0.29) is 0 Å². The zero-order chi connectivity index (χ0) is 18.1. The van der Waals surface area contributed by atoms with Crippen LogP contribution in [0.15, 0.2) is 24.3 Å². The van der Waals surface area contributed by atoms with E-state index in [1.807, 2.05) is 35.8 Å². The van der Waals surface area contributed by atoms with Crippen molar-refractivity contribution in [3.63, 3.8) is 0 Å². The number of para-hydroxylation sites is 2. The number of carbonyl (C=O) groups is 1. The molecule has 1 fully saturated rings. The number of hydrogen-bond donors (Lipinski definition) is 2. The van der Waals surface area contributed by atoms with Gasteiger partial charge in [0.2, 0.25) is 5.91 Å². The van der Waals surface area contributed by atoms with Crippen molar-refractivity contribution in [1.29, 1.82) is 0 Å². The zero-order valence-corrected chi connectivity index (χ0v) is 15.4. The average Bonchev–Trinajstić information content (AvgIpc) is 2.90. The summed E-state index contributed by atoms with van der Waals surface area (Å²) in [6.45, 7) is 3.91. The number of sulfone groups is 1. The number of carbonyl (C=O) groups excluding carboxylic acids is 1. The number of benzene rings is 1. The van der Waals surface area contributed by atoms with E-state index in [4.69, 9.17) is 0 Å². The standard InChI is InChI=1S/C17H24N4O3S/c1-13-20-14-5-3-4-6-15(14)21(13)12-11-19-16(22)17(25(2,23)24)7-9-18-10-8-17/h3-6,18H,7-12H2,1-2H3,(H,19,22). The van der Waals surface area contributed by atoms with E-state index in [2.05, 4.69) is 15.6 Å². The van der Waals surface area contributed by atoms with Gasteiger partial charge in [0.15, 0.2) is 14.6 Å². The number of aryl methyl sites for hydroxylation is 1. The van der Waals surface area contributed by atoms with Gasteiger partial charge in [0, 0.05) is 19.3 Å². The van der Waals surface area contributed by atoms with Gasteiger partial charge in [0.05, 0.1) is 11.0 Å². The molecule has 1 amide bonds. The Morgan fingerprint density at radius 1 is 1.32 bits per heavy atom. The number of nitrogens with zero attached hydrogens (tertiary/aromatic N) is 2. The van der Waals surface area contributed by atoms with Crippen molar-refractivity contribution in [2.75, 3.05) is 25.9 Å². The second kappa shape index (κ2) is 6.76. The van der Waals surface area contributed by atoms with Crippen LogP contribution in [0, 0.1) is 6.92 Å². The molecule has 2 heterocycles. The highest BCUT2D eigenvalue weighted by Gasteiger charge is 2.48. The van der Waals surface area contributed by atoms with Gasteiger partial charge in [-0.1, -0.05) is 12.1 Å². The van der Waals surface area contributed by atoms with Gasteiger partial charge in [-0.05, 0) is 45.0 Å². The molecule has 1 saturated heterocycles. The molecule has 3 rings (SSSR count). The second-order valence-corrected chi connectivity index (χ2v) is 8.90. The number of imidazole rings is 1. The molecule has 0 atom stereocenters. The van der Waals surface area contributed by atoms with Crippen molar-refractivity contribution in [3.05, 3.63) is 30.1 Å². The molecule has 2 aromatic rings. The first-order valence-electron chi connectivity index (χ1n) is 8.46. The molecule has 0 bridgehead atoms. The zero-order valence-electron chi connectivity index (χ0n) is 14.6. The Labute approximate surface area is 147 Å². The number of piperidine rings is 1. The van der Waals surface area contributed by atoms with Crippen molar-refractivity contribution in [3.8, 4) is 0 Å². The number of aromatic nitrogens is 2. The van der Waals surface area contributed by atoms with Crippen molar-refractivity contribution in [1.82, 2.24) is 20.2 Å². The fraction of sp³-hybridized carbons (Fsp3) is 0.529. The molecule has 1 aromatic carbocycles. The van der Waals surface area contributed by atoms with E-state index in [0.29, 0.717) is 39.0 Å². The van der Waals surface area contributed by atoms with Gasteiger partial charge in [-0.15, -0.1) is 0 Å². The lowest BCUT2D eigenvalue weighted by molar-refractivity contribution is -0.124. The van der Waals surface area contributed by atoms with E-state index in [1.54, 1.807) is 0 Å². The number of nitrogens with one attached hydrogen (secondary N) is 2. The van der Waals surface area contributed by atoms with E-state index in [0.717, 1.165) is 23.1 Å². The Morgan fingerprint density at radius 2 is 2.00 bits per heavy atom. The maximum Gasteiger partial charge on any atom is 0.241 e. The molecule has 0 saturated carbocycles. The summed E-state index contributed by atoms with van der Waals surface area (Å²) in [6, 6.07) is 7.83.